The maximum absolute atomic E-state index is 5.62. The van der Waals surface area contributed by atoms with Crippen LogP contribution in [0.15, 0.2) is 27.8 Å². The zero-order chi connectivity index (χ0) is 17.3. The van der Waals surface area contributed by atoms with Crippen molar-refractivity contribution in [3.05, 3.63) is 24.2 Å². The normalized spacial score (nSPS) is 14.1. The smallest absolute Gasteiger partial charge is 0.216 e. The number of hydrogen-bond donors (Lipinski definition) is 3. The molecule has 0 aromatic carbocycles. The minimum absolute atomic E-state index is 0. The van der Waals surface area contributed by atoms with E-state index in [9.17, 15) is 0 Å². The van der Waals surface area contributed by atoms with Crippen molar-refractivity contribution >= 4 is 29.9 Å². The Morgan fingerprint density at radius 3 is 2.96 bits per heavy atom. The van der Waals surface area contributed by atoms with Gasteiger partial charge in [0.2, 0.25) is 5.82 Å². The lowest BCUT2D eigenvalue weighted by Gasteiger charge is -2.11. The van der Waals surface area contributed by atoms with Crippen molar-refractivity contribution in [1.29, 1.82) is 0 Å². The average Bonchev–Trinajstić information content (AvgIpc) is 3.10. The maximum Gasteiger partial charge on any atom is 0.216 e. The summed E-state index contributed by atoms with van der Waals surface area (Å²) in [4.78, 5) is 8.63. The molecule has 0 bridgehead atoms. The Balaban J connectivity index is 0.00000243. The van der Waals surface area contributed by atoms with Crippen molar-refractivity contribution in [2.24, 2.45) is 10.9 Å². The minimum Gasteiger partial charge on any atom is -0.461 e. The molecule has 0 unspecified atom stereocenters. The highest BCUT2D eigenvalue weighted by Crippen LogP contribution is 2.28. The highest BCUT2D eigenvalue weighted by atomic mass is 127. The summed E-state index contributed by atoms with van der Waals surface area (Å²) in [5.74, 6) is 3.66. The van der Waals surface area contributed by atoms with Crippen LogP contribution in [0.25, 0.3) is 11.6 Å². The lowest BCUT2D eigenvalue weighted by atomic mass is 10.4. The first-order chi connectivity index (χ1) is 12.3. The first kappa shape index (κ1) is 20.7. The molecule has 2 aromatic heterocycles. The zero-order valence-electron chi connectivity index (χ0n) is 15.0. The lowest BCUT2D eigenvalue weighted by Crippen LogP contribution is -2.39. The molecule has 1 fully saturated rings. The van der Waals surface area contributed by atoms with Crippen LogP contribution in [-0.2, 0) is 11.2 Å². The van der Waals surface area contributed by atoms with Crippen LogP contribution in [0.3, 0.4) is 0 Å². The number of furan rings is 1. The molecular weight excluding hydrogens is 447 g/mol. The van der Waals surface area contributed by atoms with E-state index in [-0.39, 0.29) is 24.0 Å². The van der Waals surface area contributed by atoms with Gasteiger partial charge in [0, 0.05) is 39.8 Å². The van der Waals surface area contributed by atoms with Crippen LogP contribution in [0.4, 0.5) is 0 Å². The van der Waals surface area contributed by atoms with Crippen molar-refractivity contribution in [2.45, 2.75) is 25.7 Å². The maximum atomic E-state index is 5.62. The minimum atomic E-state index is 0. The zero-order valence-corrected chi connectivity index (χ0v) is 17.4. The molecule has 1 aliphatic carbocycles. The molecule has 0 atom stereocenters. The molecule has 0 aliphatic heterocycles. The van der Waals surface area contributed by atoms with Gasteiger partial charge in [-0.1, -0.05) is 0 Å². The number of halogens is 1. The topological polar surface area (TPSA) is 100 Å². The van der Waals surface area contributed by atoms with Gasteiger partial charge >= 0.3 is 0 Å². The predicted molar refractivity (Wildman–Crippen MR) is 111 cm³/mol. The van der Waals surface area contributed by atoms with E-state index in [1.807, 2.05) is 12.1 Å². The van der Waals surface area contributed by atoms with Gasteiger partial charge in [-0.15, -0.1) is 24.0 Å². The molecule has 1 aliphatic rings. The standard InChI is InChI=1S/C17H26N6O2.HI/c1-18-17(19-8-3-10-24-12-13-5-6-13)20-9-7-15-21-16(23-22-15)14-4-2-11-25-14;/h2,4,11,13H,3,5-10,12H2,1H3,(H2,18,19,20)(H,21,22,23);1H. The highest BCUT2D eigenvalue weighted by Gasteiger charge is 2.20. The number of aromatic amines is 1. The van der Waals surface area contributed by atoms with Crippen LogP contribution in [0.2, 0.25) is 0 Å². The SMILES string of the molecule is CN=C(NCCCOCC1CC1)NCCc1nc(-c2ccco2)n[nH]1.I. The van der Waals surface area contributed by atoms with Crippen LogP contribution in [-0.4, -0.2) is 54.5 Å². The van der Waals surface area contributed by atoms with E-state index >= 15 is 0 Å². The second-order valence-electron chi connectivity index (χ2n) is 6.13. The van der Waals surface area contributed by atoms with E-state index in [0.29, 0.717) is 18.1 Å². The number of H-pyrrole nitrogens is 1. The number of nitrogens with zero attached hydrogens (tertiary/aromatic N) is 3. The van der Waals surface area contributed by atoms with Crippen molar-refractivity contribution in [3.8, 4) is 11.6 Å². The molecule has 0 amide bonds. The number of rotatable bonds is 10. The second kappa shape index (κ2) is 11.2. The van der Waals surface area contributed by atoms with Crippen LogP contribution < -0.4 is 10.6 Å². The third-order valence-electron chi connectivity index (χ3n) is 3.96. The number of hydrogen-bond acceptors (Lipinski definition) is 5. The third-order valence-corrected chi connectivity index (χ3v) is 3.96. The summed E-state index contributed by atoms with van der Waals surface area (Å²) in [6, 6.07) is 3.66. The summed E-state index contributed by atoms with van der Waals surface area (Å²) in [5.41, 5.74) is 0. The van der Waals surface area contributed by atoms with Gasteiger partial charge in [0.1, 0.15) is 5.82 Å². The Morgan fingerprint density at radius 1 is 1.38 bits per heavy atom. The van der Waals surface area contributed by atoms with Gasteiger partial charge in [0.25, 0.3) is 0 Å². The summed E-state index contributed by atoms with van der Waals surface area (Å²) < 4.78 is 10.9. The fourth-order valence-electron chi connectivity index (χ4n) is 2.36. The van der Waals surface area contributed by atoms with Gasteiger partial charge < -0.3 is 19.8 Å². The predicted octanol–water partition coefficient (Wildman–Crippen LogP) is 2.21. The fourth-order valence-corrected chi connectivity index (χ4v) is 2.36. The Bertz CT molecular complexity index is 654. The van der Waals surface area contributed by atoms with Crippen molar-refractivity contribution in [3.63, 3.8) is 0 Å². The van der Waals surface area contributed by atoms with Gasteiger partial charge in [-0.25, -0.2) is 4.98 Å². The number of aliphatic imine (C=N–C) groups is 1. The molecule has 0 spiro atoms. The summed E-state index contributed by atoms with van der Waals surface area (Å²) in [6.07, 6.45) is 5.98. The number of aromatic nitrogens is 3. The van der Waals surface area contributed by atoms with Gasteiger partial charge in [0.15, 0.2) is 11.7 Å². The van der Waals surface area contributed by atoms with Crippen molar-refractivity contribution < 1.29 is 9.15 Å². The Morgan fingerprint density at radius 2 is 2.23 bits per heavy atom. The first-order valence-corrected chi connectivity index (χ1v) is 8.82. The monoisotopic (exact) mass is 474 g/mol. The van der Waals surface area contributed by atoms with Gasteiger partial charge in [-0.2, -0.15) is 5.10 Å². The molecule has 1 saturated carbocycles. The molecule has 26 heavy (non-hydrogen) atoms. The lowest BCUT2D eigenvalue weighted by molar-refractivity contribution is 0.123. The largest absolute Gasteiger partial charge is 0.461 e. The number of nitrogens with one attached hydrogen (secondary N) is 3. The van der Waals surface area contributed by atoms with Gasteiger partial charge in [-0.05, 0) is 37.3 Å². The molecule has 3 rings (SSSR count). The average molecular weight is 474 g/mol. The summed E-state index contributed by atoms with van der Waals surface area (Å²) in [5, 5.41) is 13.6. The van der Waals surface area contributed by atoms with Gasteiger partial charge in [-0.3, -0.25) is 10.1 Å². The fraction of sp³-hybridized carbons (Fsp3) is 0.588. The van der Waals surface area contributed by atoms with E-state index in [4.69, 9.17) is 9.15 Å². The Labute approximate surface area is 170 Å². The molecule has 2 aromatic rings. The van der Waals surface area contributed by atoms with E-state index in [1.165, 1.54) is 12.8 Å². The number of guanidine groups is 1. The summed E-state index contributed by atoms with van der Waals surface area (Å²) >= 11 is 0. The molecule has 0 saturated heterocycles. The number of ether oxygens (including phenoxy) is 1. The van der Waals surface area contributed by atoms with Crippen LogP contribution in [0.5, 0.6) is 0 Å². The quantitative estimate of drug-likeness (QED) is 0.211. The first-order valence-electron chi connectivity index (χ1n) is 8.82. The van der Waals surface area contributed by atoms with E-state index in [0.717, 1.165) is 50.3 Å². The second-order valence-corrected chi connectivity index (χ2v) is 6.13. The molecule has 144 valence electrons. The van der Waals surface area contributed by atoms with Crippen molar-refractivity contribution in [1.82, 2.24) is 25.8 Å². The Kier molecular flexibility index (Phi) is 8.89. The molecule has 2 heterocycles. The van der Waals surface area contributed by atoms with Crippen LogP contribution in [0.1, 0.15) is 25.1 Å². The van der Waals surface area contributed by atoms with E-state index in [2.05, 4.69) is 30.8 Å². The molecule has 3 N–H and O–H groups in total. The Hall–Kier alpha value is -1.62. The van der Waals surface area contributed by atoms with Crippen LogP contribution >= 0.6 is 24.0 Å². The third kappa shape index (κ3) is 6.94. The summed E-state index contributed by atoms with van der Waals surface area (Å²) in [7, 11) is 1.77. The molecule has 8 nitrogen and oxygen atoms in total. The van der Waals surface area contributed by atoms with Crippen molar-refractivity contribution in [2.75, 3.05) is 33.4 Å². The van der Waals surface area contributed by atoms with E-state index in [1.54, 1.807) is 13.3 Å². The molecule has 0 radical (unpaired) electrons. The van der Waals surface area contributed by atoms with Gasteiger partial charge in [0.05, 0.1) is 6.26 Å². The van der Waals surface area contributed by atoms with Crippen LogP contribution in [0, 0.1) is 5.92 Å². The van der Waals surface area contributed by atoms with E-state index < -0.39 is 0 Å². The molecule has 9 heteroatoms. The molecular formula is C17H27IN6O2. The highest BCUT2D eigenvalue weighted by molar-refractivity contribution is 14.0. The summed E-state index contributed by atoms with van der Waals surface area (Å²) in [6.45, 7) is 3.28.